The van der Waals surface area contributed by atoms with Gasteiger partial charge in [0, 0.05) is 6.04 Å². The van der Waals surface area contributed by atoms with E-state index < -0.39 is 0 Å². The van der Waals surface area contributed by atoms with Gasteiger partial charge in [0.05, 0.1) is 12.5 Å². The van der Waals surface area contributed by atoms with E-state index in [9.17, 15) is 4.79 Å². The van der Waals surface area contributed by atoms with Crippen molar-refractivity contribution < 1.29 is 9.53 Å². The van der Waals surface area contributed by atoms with Gasteiger partial charge in [-0.05, 0) is 63.0 Å². The fraction of sp³-hybridized carbons (Fsp3) is 0.632. The second-order valence-electron chi connectivity index (χ2n) is 6.67. The Morgan fingerprint density at radius 2 is 1.82 bits per heavy atom. The summed E-state index contributed by atoms with van der Waals surface area (Å²) in [6.45, 7) is 3.33. The van der Waals surface area contributed by atoms with Crippen LogP contribution in [0.5, 0.6) is 0 Å². The standard InChI is InChI=1S/C19H27NO2/c1-2-22-19(21)17-15-8-10-16(11-9-15)18(17)20-13-12-14-6-4-3-5-7-14/h3-7,15-18,20H,2,8-13H2,1H3/t15?,16?,17-,18-/m0/s1. The van der Waals surface area contributed by atoms with E-state index in [1.54, 1.807) is 0 Å². The molecule has 4 rings (SSSR count). The van der Waals surface area contributed by atoms with Crippen molar-refractivity contribution in [2.45, 2.75) is 45.1 Å². The molecule has 1 N–H and O–H groups in total. The highest BCUT2D eigenvalue weighted by atomic mass is 16.5. The molecule has 3 nitrogen and oxygen atoms in total. The maximum Gasteiger partial charge on any atom is 0.310 e. The summed E-state index contributed by atoms with van der Waals surface area (Å²) in [6, 6.07) is 10.9. The Morgan fingerprint density at radius 1 is 1.14 bits per heavy atom. The molecule has 0 heterocycles. The Hall–Kier alpha value is -1.35. The maximum absolute atomic E-state index is 12.4. The summed E-state index contributed by atoms with van der Waals surface area (Å²) in [5.41, 5.74) is 1.35. The highest BCUT2D eigenvalue weighted by Gasteiger charge is 2.47. The number of fused-ring (bicyclic) bond motifs is 3. The van der Waals surface area contributed by atoms with E-state index in [0.717, 1.165) is 13.0 Å². The van der Waals surface area contributed by atoms with Crippen molar-refractivity contribution in [1.82, 2.24) is 5.32 Å². The van der Waals surface area contributed by atoms with Gasteiger partial charge < -0.3 is 10.1 Å². The molecule has 0 unspecified atom stereocenters. The molecule has 1 aromatic rings. The van der Waals surface area contributed by atoms with Gasteiger partial charge in [0.2, 0.25) is 0 Å². The summed E-state index contributed by atoms with van der Waals surface area (Å²) in [7, 11) is 0. The Labute approximate surface area is 133 Å². The fourth-order valence-electron chi connectivity index (χ4n) is 4.35. The third kappa shape index (κ3) is 3.35. The number of esters is 1. The van der Waals surface area contributed by atoms with Crippen molar-refractivity contribution in [3.8, 4) is 0 Å². The highest BCUT2D eigenvalue weighted by molar-refractivity contribution is 5.74. The summed E-state index contributed by atoms with van der Waals surface area (Å²) in [4.78, 5) is 12.4. The van der Waals surface area contributed by atoms with Crippen molar-refractivity contribution in [1.29, 1.82) is 0 Å². The van der Waals surface area contributed by atoms with Gasteiger partial charge in [0.25, 0.3) is 0 Å². The molecule has 3 aliphatic carbocycles. The monoisotopic (exact) mass is 301 g/mol. The molecule has 0 saturated heterocycles. The lowest BCUT2D eigenvalue weighted by Crippen LogP contribution is -2.55. The van der Waals surface area contributed by atoms with Crippen LogP contribution in [0, 0.1) is 17.8 Å². The number of carbonyl (C=O) groups excluding carboxylic acids is 1. The molecule has 0 radical (unpaired) electrons. The fourth-order valence-corrected chi connectivity index (χ4v) is 4.35. The first-order valence-corrected chi connectivity index (χ1v) is 8.73. The molecule has 120 valence electrons. The van der Waals surface area contributed by atoms with Crippen LogP contribution in [0.4, 0.5) is 0 Å². The van der Waals surface area contributed by atoms with Gasteiger partial charge >= 0.3 is 5.97 Å². The molecule has 2 atom stereocenters. The van der Waals surface area contributed by atoms with E-state index in [4.69, 9.17) is 4.74 Å². The van der Waals surface area contributed by atoms with Crippen molar-refractivity contribution in [3.63, 3.8) is 0 Å². The van der Waals surface area contributed by atoms with Crippen LogP contribution in [0.3, 0.4) is 0 Å². The first-order valence-electron chi connectivity index (χ1n) is 8.73. The highest BCUT2D eigenvalue weighted by Crippen LogP contribution is 2.45. The van der Waals surface area contributed by atoms with Crippen LogP contribution < -0.4 is 5.32 Å². The molecular weight excluding hydrogens is 274 g/mol. The molecule has 3 fully saturated rings. The molecule has 0 spiro atoms. The molecule has 0 aromatic heterocycles. The average Bonchev–Trinajstić information content (AvgIpc) is 2.57. The van der Waals surface area contributed by atoms with Crippen LogP contribution in [-0.2, 0) is 16.0 Å². The van der Waals surface area contributed by atoms with Gasteiger partial charge in [-0.3, -0.25) is 4.79 Å². The van der Waals surface area contributed by atoms with E-state index in [1.165, 1.54) is 31.2 Å². The van der Waals surface area contributed by atoms with Crippen LogP contribution in [0.1, 0.15) is 38.2 Å². The van der Waals surface area contributed by atoms with E-state index in [1.807, 2.05) is 13.0 Å². The van der Waals surface area contributed by atoms with Crippen LogP contribution in [0.15, 0.2) is 30.3 Å². The minimum absolute atomic E-state index is 0.0223. The zero-order chi connectivity index (χ0) is 15.4. The van der Waals surface area contributed by atoms with Crippen molar-refractivity contribution in [2.75, 3.05) is 13.2 Å². The lowest BCUT2D eigenvalue weighted by molar-refractivity contribution is -0.156. The number of nitrogens with one attached hydrogen (secondary N) is 1. The largest absolute Gasteiger partial charge is 0.466 e. The molecule has 22 heavy (non-hydrogen) atoms. The Bertz CT molecular complexity index is 479. The molecule has 3 saturated carbocycles. The average molecular weight is 301 g/mol. The van der Waals surface area contributed by atoms with Crippen molar-refractivity contribution >= 4 is 5.97 Å². The van der Waals surface area contributed by atoms with E-state index in [-0.39, 0.29) is 11.9 Å². The molecule has 1 aromatic carbocycles. The second kappa shape index (κ2) is 7.28. The van der Waals surface area contributed by atoms with Gasteiger partial charge in [-0.2, -0.15) is 0 Å². The van der Waals surface area contributed by atoms with Crippen LogP contribution in [0.25, 0.3) is 0 Å². The second-order valence-corrected chi connectivity index (χ2v) is 6.67. The van der Waals surface area contributed by atoms with E-state index in [0.29, 0.717) is 24.5 Å². The van der Waals surface area contributed by atoms with Crippen LogP contribution >= 0.6 is 0 Å². The number of ether oxygens (including phenoxy) is 1. The van der Waals surface area contributed by atoms with E-state index in [2.05, 4.69) is 29.6 Å². The van der Waals surface area contributed by atoms with Gasteiger partial charge in [-0.25, -0.2) is 0 Å². The lowest BCUT2D eigenvalue weighted by atomic mass is 9.61. The van der Waals surface area contributed by atoms with Gasteiger partial charge in [-0.1, -0.05) is 30.3 Å². The lowest BCUT2D eigenvalue weighted by Gasteiger charge is -2.47. The predicted octanol–water partition coefficient (Wildman–Crippen LogP) is 3.19. The normalized spacial score (nSPS) is 30.2. The summed E-state index contributed by atoms with van der Waals surface area (Å²) in [6.07, 6.45) is 5.95. The first kappa shape index (κ1) is 15.5. The van der Waals surface area contributed by atoms with E-state index >= 15 is 0 Å². The number of rotatable bonds is 6. The molecular formula is C19H27NO2. The number of carbonyl (C=O) groups is 1. The zero-order valence-corrected chi connectivity index (χ0v) is 13.5. The van der Waals surface area contributed by atoms with Gasteiger partial charge in [0.1, 0.15) is 0 Å². The van der Waals surface area contributed by atoms with Crippen LogP contribution in [0.2, 0.25) is 0 Å². The summed E-state index contributed by atoms with van der Waals surface area (Å²) < 4.78 is 5.35. The number of hydrogen-bond donors (Lipinski definition) is 1. The maximum atomic E-state index is 12.4. The third-order valence-electron chi connectivity index (χ3n) is 5.41. The smallest absolute Gasteiger partial charge is 0.310 e. The predicted molar refractivity (Wildman–Crippen MR) is 87.5 cm³/mol. The topological polar surface area (TPSA) is 38.3 Å². The summed E-state index contributed by atoms with van der Waals surface area (Å²) in [5.74, 6) is 1.27. The van der Waals surface area contributed by atoms with Gasteiger partial charge in [-0.15, -0.1) is 0 Å². The van der Waals surface area contributed by atoms with Gasteiger partial charge in [0.15, 0.2) is 0 Å². The van der Waals surface area contributed by atoms with Crippen molar-refractivity contribution in [3.05, 3.63) is 35.9 Å². The Morgan fingerprint density at radius 3 is 2.50 bits per heavy atom. The molecule has 2 bridgehead atoms. The minimum atomic E-state index is 0.0223. The summed E-state index contributed by atoms with van der Waals surface area (Å²) in [5, 5.41) is 3.69. The Balaban J connectivity index is 1.60. The molecule has 0 aliphatic heterocycles. The van der Waals surface area contributed by atoms with Crippen molar-refractivity contribution in [2.24, 2.45) is 17.8 Å². The first-order chi connectivity index (χ1) is 10.8. The molecule has 0 amide bonds. The van der Waals surface area contributed by atoms with Crippen LogP contribution in [-0.4, -0.2) is 25.2 Å². The zero-order valence-electron chi connectivity index (χ0n) is 13.5. The third-order valence-corrected chi connectivity index (χ3v) is 5.41. The Kier molecular flexibility index (Phi) is 5.14. The quantitative estimate of drug-likeness (QED) is 0.820. The number of hydrogen-bond acceptors (Lipinski definition) is 3. The summed E-state index contributed by atoms with van der Waals surface area (Å²) >= 11 is 0. The number of benzene rings is 1. The molecule has 3 heteroatoms. The minimum Gasteiger partial charge on any atom is -0.466 e. The molecule has 3 aliphatic rings. The SMILES string of the molecule is CCOC(=O)[C@H]1C2CCC(CC2)[C@@H]1NCCc1ccccc1.